The molecule has 7 nitrogen and oxygen atoms in total. The molecule has 20 heavy (non-hydrogen) atoms. The second kappa shape index (κ2) is 5.12. The van der Waals surface area contributed by atoms with Crippen LogP contribution in [0.15, 0.2) is 24.3 Å². The van der Waals surface area contributed by atoms with Gasteiger partial charge in [-0.25, -0.2) is 13.2 Å². The number of carboxylic acid groups (broad SMARTS) is 1. The summed E-state index contributed by atoms with van der Waals surface area (Å²) in [6.45, 7) is 0.148. The van der Waals surface area contributed by atoms with Crippen molar-refractivity contribution in [2.45, 2.75) is 6.54 Å². The monoisotopic (exact) mass is 298 g/mol. The Balaban J connectivity index is 2.44. The predicted octanol–water partition coefficient (Wildman–Crippen LogP) is -0.121. The highest BCUT2D eigenvalue weighted by molar-refractivity contribution is 7.92. The van der Waals surface area contributed by atoms with Crippen LogP contribution < -0.4 is 4.31 Å². The van der Waals surface area contributed by atoms with Gasteiger partial charge >= 0.3 is 11.9 Å². The Hall–Kier alpha value is -2.09. The number of rotatable bonds is 1. The quantitative estimate of drug-likeness (QED) is 0.729. The summed E-state index contributed by atoms with van der Waals surface area (Å²) in [7, 11) is -3.48. The number of carbonyl (C=O) groups is 2. The first-order valence-corrected chi connectivity index (χ1v) is 7.73. The lowest BCUT2D eigenvalue weighted by atomic mass is 10.1. The molecule has 0 saturated heterocycles. The molecular weight excluding hydrogens is 284 g/mol. The van der Waals surface area contributed by atoms with E-state index in [2.05, 4.69) is 0 Å². The molecular formula is C12H14N2O5S. The van der Waals surface area contributed by atoms with Gasteiger partial charge in [0, 0.05) is 13.1 Å². The number of carboxylic acids is 1. The molecule has 1 heterocycles. The fourth-order valence-corrected chi connectivity index (χ4v) is 3.11. The lowest BCUT2D eigenvalue weighted by Gasteiger charge is -2.21. The molecule has 1 aliphatic rings. The van der Waals surface area contributed by atoms with Gasteiger partial charge in [-0.1, -0.05) is 18.2 Å². The van der Waals surface area contributed by atoms with Crippen molar-refractivity contribution in [2.24, 2.45) is 0 Å². The summed E-state index contributed by atoms with van der Waals surface area (Å²) in [6, 6.07) is 6.74. The maximum absolute atomic E-state index is 11.8. The smallest absolute Gasteiger partial charge is 0.394 e. The predicted molar refractivity (Wildman–Crippen MR) is 71.7 cm³/mol. The number of carbonyl (C=O) groups excluding carboxylic acids is 1. The van der Waals surface area contributed by atoms with E-state index in [9.17, 15) is 18.0 Å². The summed E-state index contributed by atoms with van der Waals surface area (Å²) in [5.74, 6) is -2.58. The van der Waals surface area contributed by atoms with Crippen LogP contribution in [-0.2, 0) is 26.2 Å². The summed E-state index contributed by atoms with van der Waals surface area (Å²) in [6.07, 6.45) is 1.08. The molecule has 0 unspecified atom stereocenters. The molecule has 0 fully saturated rings. The number of aliphatic carboxylic acids is 1. The number of anilines is 1. The van der Waals surface area contributed by atoms with Gasteiger partial charge < -0.3 is 10.0 Å². The van der Waals surface area contributed by atoms with E-state index in [-0.39, 0.29) is 19.6 Å². The second-order valence-electron chi connectivity index (χ2n) is 4.50. The average molecular weight is 298 g/mol. The minimum Gasteiger partial charge on any atom is -0.474 e. The lowest BCUT2D eigenvalue weighted by Crippen LogP contribution is -2.40. The molecule has 0 aliphatic carbocycles. The Morgan fingerprint density at radius 1 is 1.20 bits per heavy atom. The van der Waals surface area contributed by atoms with Crippen molar-refractivity contribution in [1.29, 1.82) is 0 Å². The Morgan fingerprint density at radius 3 is 2.45 bits per heavy atom. The first-order chi connectivity index (χ1) is 9.30. The van der Waals surface area contributed by atoms with E-state index in [1.807, 2.05) is 0 Å². The molecule has 108 valence electrons. The maximum atomic E-state index is 11.8. The number of hydrogen-bond donors (Lipinski definition) is 1. The van der Waals surface area contributed by atoms with Gasteiger partial charge in [-0.3, -0.25) is 9.10 Å². The molecule has 0 spiro atoms. The third-order valence-corrected chi connectivity index (χ3v) is 4.24. The molecule has 0 bridgehead atoms. The van der Waals surface area contributed by atoms with Crippen molar-refractivity contribution in [2.75, 3.05) is 23.7 Å². The van der Waals surface area contributed by atoms with Crippen LogP contribution in [0.4, 0.5) is 5.69 Å². The van der Waals surface area contributed by atoms with Crippen LogP contribution in [0.2, 0.25) is 0 Å². The van der Waals surface area contributed by atoms with Crippen molar-refractivity contribution >= 4 is 27.6 Å². The summed E-state index contributed by atoms with van der Waals surface area (Å²) in [5.41, 5.74) is 1.08. The van der Waals surface area contributed by atoms with Crippen LogP contribution >= 0.6 is 0 Å². The lowest BCUT2D eigenvalue weighted by molar-refractivity contribution is -0.156. The zero-order chi connectivity index (χ0) is 14.9. The first-order valence-electron chi connectivity index (χ1n) is 5.88. The number of fused-ring (bicyclic) bond motifs is 1. The number of hydrogen-bond acceptors (Lipinski definition) is 4. The molecule has 0 aromatic heterocycles. The van der Waals surface area contributed by atoms with Crippen molar-refractivity contribution in [3.05, 3.63) is 29.8 Å². The summed E-state index contributed by atoms with van der Waals surface area (Å²) >= 11 is 0. The van der Waals surface area contributed by atoms with Gasteiger partial charge in [-0.15, -0.1) is 0 Å². The first kappa shape index (κ1) is 14.3. The van der Waals surface area contributed by atoms with Gasteiger partial charge in [-0.2, -0.15) is 0 Å². The highest BCUT2D eigenvalue weighted by atomic mass is 32.2. The molecule has 1 aromatic rings. The zero-order valence-electron chi connectivity index (χ0n) is 10.8. The van der Waals surface area contributed by atoms with Crippen LogP contribution in [0.1, 0.15) is 5.56 Å². The van der Waals surface area contributed by atoms with E-state index in [4.69, 9.17) is 5.11 Å². The van der Waals surface area contributed by atoms with E-state index in [0.717, 1.165) is 11.2 Å². The van der Waals surface area contributed by atoms with Gasteiger partial charge in [0.1, 0.15) is 0 Å². The highest BCUT2D eigenvalue weighted by Gasteiger charge is 2.29. The van der Waals surface area contributed by atoms with Gasteiger partial charge in [0.15, 0.2) is 0 Å². The molecule has 8 heteroatoms. The summed E-state index contributed by atoms with van der Waals surface area (Å²) in [4.78, 5) is 23.5. The third-order valence-electron chi connectivity index (χ3n) is 3.07. The van der Waals surface area contributed by atoms with E-state index in [0.29, 0.717) is 11.3 Å². The Kier molecular flexibility index (Phi) is 3.67. The van der Waals surface area contributed by atoms with E-state index < -0.39 is 21.9 Å². The normalized spacial score (nSPS) is 15.4. The van der Waals surface area contributed by atoms with E-state index in [1.165, 1.54) is 4.31 Å². The standard InChI is InChI=1S/C12H14N2O5S/c1-20(18,19)14-7-6-13(11(15)12(16)17)8-9-4-2-3-5-10(9)14/h2-5H,6-8H2,1H3,(H,16,17). The molecule has 1 N–H and O–H groups in total. The van der Waals surface area contributed by atoms with Gasteiger partial charge in [0.2, 0.25) is 10.0 Å². The number of benzene rings is 1. The van der Waals surface area contributed by atoms with Crippen molar-refractivity contribution < 1.29 is 23.1 Å². The molecule has 0 atom stereocenters. The number of nitrogens with zero attached hydrogens (tertiary/aromatic N) is 2. The third kappa shape index (κ3) is 2.74. The number of sulfonamides is 1. The maximum Gasteiger partial charge on any atom is 0.394 e. The van der Waals surface area contributed by atoms with Crippen LogP contribution in [0.3, 0.4) is 0 Å². The van der Waals surface area contributed by atoms with Crippen molar-refractivity contribution in [3.63, 3.8) is 0 Å². The number of amides is 1. The largest absolute Gasteiger partial charge is 0.474 e. The van der Waals surface area contributed by atoms with Crippen molar-refractivity contribution in [3.8, 4) is 0 Å². The summed E-state index contributed by atoms with van der Waals surface area (Å²) in [5, 5.41) is 8.78. The van der Waals surface area contributed by atoms with Gasteiger partial charge in [0.05, 0.1) is 18.5 Å². The molecule has 1 aliphatic heterocycles. The topological polar surface area (TPSA) is 95.0 Å². The van der Waals surface area contributed by atoms with Crippen LogP contribution in [-0.4, -0.2) is 49.6 Å². The fraction of sp³-hybridized carbons (Fsp3) is 0.333. The zero-order valence-corrected chi connectivity index (χ0v) is 11.6. The minimum absolute atomic E-state index is 0.0346. The van der Waals surface area contributed by atoms with E-state index >= 15 is 0 Å². The summed E-state index contributed by atoms with van der Waals surface area (Å²) < 4.78 is 24.8. The Morgan fingerprint density at radius 2 is 1.85 bits per heavy atom. The second-order valence-corrected chi connectivity index (χ2v) is 6.40. The Labute approximate surface area is 116 Å². The molecule has 1 amide bonds. The fourth-order valence-electron chi connectivity index (χ4n) is 2.16. The van der Waals surface area contributed by atoms with Crippen LogP contribution in [0.5, 0.6) is 0 Å². The minimum atomic E-state index is -3.48. The van der Waals surface area contributed by atoms with Crippen LogP contribution in [0, 0.1) is 0 Å². The van der Waals surface area contributed by atoms with Crippen molar-refractivity contribution in [1.82, 2.24) is 4.90 Å². The van der Waals surface area contributed by atoms with Gasteiger partial charge in [-0.05, 0) is 11.6 Å². The SMILES string of the molecule is CS(=O)(=O)N1CCN(C(=O)C(=O)O)Cc2ccccc21. The molecule has 0 radical (unpaired) electrons. The van der Waals surface area contributed by atoms with Gasteiger partial charge in [0.25, 0.3) is 0 Å². The Bertz CT molecular complexity index is 656. The highest BCUT2D eigenvalue weighted by Crippen LogP contribution is 2.26. The number of para-hydroxylation sites is 1. The molecule has 1 aromatic carbocycles. The molecule has 2 rings (SSSR count). The van der Waals surface area contributed by atoms with Crippen LogP contribution in [0.25, 0.3) is 0 Å². The average Bonchev–Trinajstić information content (AvgIpc) is 2.56. The molecule has 0 saturated carbocycles. The van der Waals surface area contributed by atoms with E-state index in [1.54, 1.807) is 24.3 Å².